The normalized spacial score (nSPS) is 10.7. The van der Waals surface area contributed by atoms with Gasteiger partial charge in [0.25, 0.3) is 5.56 Å². The van der Waals surface area contributed by atoms with Crippen molar-refractivity contribution in [3.8, 4) is 0 Å². The van der Waals surface area contributed by atoms with Crippen LogP contribution >= 0.6 is 11.3 Å². The molecule has 0 saturated carbocycles. The highest BCUT2D eigenvalue weighted by atomic mass is 32.1. The van der Waals surface area contributed by atoms with Gasteiger partial charge in [-0.1, -0.05) is 0 Å². The molecule has 0 aromatic carbocycles. The van der Waals surface area contributed by atoms with Crippen molar-refractivity contribution in [2.75, 3.05) is 0 Å². The summed E-state index contributed by atoms with van der Waals surface area (Å²) in [4.78, 5) is 10.8. The summed E-state index contributed by atoms with van der Waals surface area (Å²) < 4.78 is 0.773. The maximum absolute atomic E-state index is 10.8. The molecule has 46 valence electrons. The fourth-order valence-electron chi connectivity index (χ4n) is 0.764. The summed E-state index contributed by atoms with van der Waals surface area (Å²) in [6, 6.07) is 1.87. The van der Waals surface area contributed by atoms with Gasteiger partial charge in [-0.25, -0.2) is 0 Å². The molecule has 3 nitrogen and oxygen atoms in total. The van der Waals surface area contributed by atoms with Crippen molar-refractivity contribution in [1.29, 1.82) is 0 Å². The summed E-state index contributed by atoms with van der Waals surface area (Å²) in [6.45, 7) is 0. The first-order chi connectivity index (χ1) is 4.38. The Labute approximate surface area is 54.3 Å². The van der Waals surface area contributed by atoms with Crippen molar-refractivity contribution in [2.45, 2.75) is 0 Å². The Balaban J connectivity index is 3.17. The van der Waals surface area contributed by atoms with Gasteiger partial charge in [0.05, 0.1) is 5.52 Å². The Morgan fingerprint density at radius 3 is 3.11 bits per heavy atom. The zero-order valence-electron chi connectivity index (χ0n) is 4.47. The Morgan fingerprint density at radius 1 is 1.44 bits per heavy atom. The van der Waals surface area contributed by atoms with E-state index >= 15 is 0 Å². The molecule has 0 aliphatic carbocycles. The average Bonchev–Trinajstić information content (AvgIpc) is 2.35. The summed E-state index contributed by atoms with van der Waals surface area (Å²) in [5.74, 6) is 0. The van der Waals surface area contributed by atoms with Crippen molar-refractivity contribution in [1.82, 2.24) is 10.2 Å². The van der Waals surface area contributed by atoms with Crippen molar-refractivity contribution in [2.24, 2.45) is 0 Å². The highest BCUT2D eigenvalue weighted by Gasteiger charge is 1.98. The standard InChI is InChI=1S/C5H4N2OS/c8-5-4-3(6-7-5)1-2-9-4/h1-2H,(H2,6,7,8). The van der Waals surface area contributed by atoms with E-state index in [-0.39, 0.29) is 5.56 Å². The molecule has 4 heteroatoms. The molecular weight excluding hydrogens is 136 g/mol. The Morgan fingerprint density at radius 2 is 2.33 bits per heavy atom. The second kappa shape index (κ2) is 1.48. The van der Waals surface area contributed by atoms with Crippen LogP contribution in [0.25, 0.3) is 10.2 Å². The molecule has 0 unspecified atom stereocenters. The van der Waals surface area contributed by atoms with Gasteiger partial charge in [-0.2, -0.15) is 0 Å². The lowest BCUT2D eigenvalue weighted by molar-refractivity contribution is 1.08. The zero-order valence-corrected chi connectivity index (χ0v) is 5.29. The van der Waals surface area contributed by atoms with E-state index in [4.69, 9.17) is 0 Å². The molecule has 2 aromatic rings. The van der Waals surface area contributed by atoms with E-state index in [0.29, 0.717) is 0 Å². The van der Waals surface area contributed by atoms with Gasteiger partial charge in [-0.05, 0) is 11.4 Å². The molecule has 2 rings (SSSR count). The first-order valence-corrected chi connectivity index (χ1v) is 3.40. The quantitative estimate of drug-likeness (QED) is 0.561. The largest absolute Gasteiger partial charge is 0.297 e. The number of aromatic nitrogens is 2. The number of aromatic amines is 2. The third-order valence-corrected chi connectivity index (χ3v) is 2.10. The number of H-pyrrole nitrogens is 2. The first-order valence-electron chi connectivity index (χ1n) is 2.52. The molecule has 2 heterocycles. The molecular formula is C5H4N2OS. The van der Waals surface area contributed by atoms with Gasteiger partial charge < -0.3 is 0 Å². The SMILES string of the molecule is O=c1[nH][nH]c2ccsc12. The van der Waals surface area contributed by atoms with Crippen LogP contribution in [-0.2, 0) is 0 Å². The summed E-state index contributed by atoms with van der Waals surface area (Å²) in [7, 11) is 0. The fraction of sp³-hybridized carbons (Fsp3) is 0. The molecule has 0 amide bonds. The maximum Gasteiger partial charge on any atom is 0.281 e. The first kappa shape index (κ1) is 4.81. The lowest BCUT2D eigenvalue weighted by Crippen LogP contribution is -1.95. The van der Waals surface area contributed by atoms with Crippen molar-refractivity contribution < 1.29 is 0 Å². The molecule has 0 saturated heterocycles. The highest BCUT2D eigenvalue weighted by Crippen LogP contribution is 2.11. The van der Waals surface area contributed by atoms with Crippen LogP contribution in [0.5, 0.6) is 0 Å². The highest BCUT2D eigenvalue weighted by molar-refractivity contribution is 7.17. The predicted molar refractivity (Wildman–Crippen MR) is 36.8 cm³/mol. The molecule has 0 aliphatic rings. The Bertz CT molecular complexity index is 369. The number of rotatable bonds is 0. The predicted octanol–water partition coefficient (Wildman–Crippen LogP) is 0.918. The number of thiophene rings is 1. The Hall–Kier alpha value is -1.03. The summed E-state index contributed by atoms with van der Waals surface area (Å²) in [5, 5.41) is 7.11. The summed E-state index contributed by atoms with van der Waals surface area (Å²) >= 11 is 1.45. The molecule has 0 aliphatic heterocycles. The van der Waals surface area contributed by atoms with E-state index in [1.54, 1.807) is 0 Å². The number of fused-ring (bicyclic) bond motifs is 1. The van der Waals surface area contributed by atoms with E-state index in [2.05, 4.69) is 10.2 Å². The van der Waals surface area contributed by atoms with Gasteiger partial charge >= 0.3 is 0 Å². The zero-order chi connectivity index (χ0) is 6.27. The number of nitrogens with one attached hydrogen (secondary N) is 2. The fourth-order valence-corrected chi connectivity index (χ4v) is 1.51. The van der Waals surface area contributed by atoms with Gasteiger partial charge in [-0.3, -0.25) is 15.0 Å². The maximum atomic E-state index is 10.8. The number of hydrogen-bond acceptors (Lipinski definition) is 2. The molecule has 2 N–H and O–H groups in total. The van der Waals surface area contributed by atoms with Crippen LogP contribution in [-0.4, -0.2) is 10.2 Å². The minimum Gasteiger partial charge on any atom is -0.297 e. The van der Waals surface area contributed by atoms with Gasteiger partial charge in [-0.15, -0.1) is 11.3 Å². The van der Waals surface area contributed by atoms with Gasteiger partial charge in [0, 0.05) is 0 Å². The monoisotopic (exact) mass is 140 g/mol. The van der Waals surface area contributed by atoms with Crippen LogP contribution in [0.15, 0.2) is 16.2 Å². The van der Waals surface area contributed by atoms with Crippen LogP contribution in [0.2, 0.25) is 0 Å². The van der Waals surface area contributed by atoms with E-state index in [1.807, 2.05) is 11.4 Å². The van der Waals surface area contributed by atoms with Crippen molar-refractivity contribution >= 4 is 21.6 Å². The second-order valence-corrected chi connectivity index (χ2v) is 2.66. The van der Waals surface area contributed by atoms with Crippen molar-refractivity contribution in [3.05, 3.63) is 21.8 Å². The Kier molecular flexibility index (Phi) is 0.790. The van der Waals surface area contributed by atoms with Gasteiger partial charge in [0.1, 0.15) is 4.70 Å². The summed E-state index contributed by atoms with van der Waals surface area (Å²) in [6.07, 6.45) is 0. The molecule has 0 spiro atoms. The van der Waals surface area contributed by atoms with E-state index in [1.165, 1.54) is 11.3 Å². The van der Waals surface area contributed by atoms with Crippen LogP contribution in [0, 0.1) is 0 Å². The molecule has 2 aromatic heterocycles. The lowest BCUT2D eigenvalue weighted by atomic mass is 10.5. The number of hydrogen-bond donors (Lipinski definition) is 2. The molecule has 0 bridgehead atoms. The van der Waals surface area contributed by atoms with E-state index in [9.17, 15) is 4.79 Å². The molecule has 0 radical (unpaired) electrons. The van der Waals surface area contributed by atoms with Crippen LogP contribution in [0.3, 0.4) is 0 Å². The van der Waals surface area contributed by atoms with E-state index in [0.717, 1.165) is 10.2 Å². The van der Waals surface area contributed by atoms with Gasteiger partial charge in [0.2, 0.25) is 0 Å². The van der Waals surface area contributed by atoms with Crippen LogP contribution in [0.4, 0.5) is 0 Å². The minimum atomic E-state index is -0.0278. The topological polar surface area (TPSA) is 48.6 Å². The third-order valence-electron chi connectivity index (χ3n) is 1.18. The average molecular weight is 140 g/mol. The minimum absolute atomic E-state index is 0.0278. The second-order valence-electron chi connectivity index (χ2n) is 1.74. The third kappa shape index (κ3) is 0.533. The van der Waals surface area contributed by atoms with Gasteiger partial charge in [0.15, 0.2) is 0 Å². The van der Waals surface area contributed by atoms with Crippen LogP contribution < -0.4 is 5.56 Å². The molecule has 9 heavy (non-hydrogen) atoms. The smallest absolute Gasteiger partial charge is 0.281 e. The lowest BCUT2D eigenvalue weighted by Gasteiger charge is -1.64. The van der Waals surface area contributed by atoms with Crippen molar-refractivity contribution in [3.63, 3.8) is 0 Å². The summed E-state index contributed by atoms with van der Waals surface area (Å²) in [5.41, 5.74) is 0.866. The van der Waals surface area contributed by atoms with E-state index < -0.39 is 0 Å². The van der Waals surface area contributed by atoms with Crippen LogP contribution in [0.1, 0.15) is 0 Å². The molecule has 0 fully saturated rings. The molecule has 0 atom stereocenters.